The molecule has 1 fully saturated rings. The Kier molecular flexibility index (Phi) is 12.7. The first kappa shape index (κ1) is 31.4. The Bertz CT molecular complexity index is 1370. The first-order valence-electron chi connectivity index (χ1n) is 13.5. The van der Waals surface area contributed by atoms with E-state index in [-0.39, 0.29) is 34.9 Å². The van der Waals surface area contributed by atoms with Crippen LogP contribution in [0.15, 0.2) is 29.1 Å². The summed E-state index contributed by atoms with van der Waals surface area (Å²) in [6.07, 6.45) is 7.42. The Hall–Kier alpha value is -3.11. The molecule has 1 atom stereocenters. The number of nitrogens with one attached hydrogen (secondary N) is 3. The van der Waals surface area contributed by atoms with Gasteiger partial charge in [0.1, 0.15) is 15.3 Å². The summed E-state index contributed by atoms with van der Waals surface area (Å²) < 4.78 is 1.96. The predicted octanol–water partition coefficient (Wildman–Crippen LogP) is 0.900. The van der Waals surface area contributed by atoms with Gasteiger partial charge in [0, 0.05) is 30.5 Å². The summed E-state index contributed by atoms with van der Waals surface area (Å²) in [5.41, 5.74) is 0.635. The van der Waals surface area contributed by atoms with E-state index in [1.807, 2.05) is 12.3 Å². The van der Waals surface area contributed by atoms with E-state index in [2.05, 4.69) is 20.9 Å². The van der Waals surface area contributed by atoms with Crippen molar-refractivity contribution in [2.45, 2.75) is 45.2 Å². The summed E-state index contributed by atoms with van der Waals surface area (Å²) in [7, 11) is 0. The molecule has 0 spiro atoms. The van der Waals surface area contributed by atoms with Crippen LogP contribution in [0.3, 0.4) is 0 Å². The van der Waals surface area contributed by atoms with Gasteiger partial charge in [-0.3, -0.25) is 19.0 Å². The van der Waals surface area contributed by atoms with Crippen LogP contribution >= 0.6 is 23.1 Å². The first-order chi connectivity index (χ1) is 19.4. The Morgan fingerprint density at radius 2 is 2.08 bits per heavy atom. The van der Waals surface area contributed by atoms with Crippen molar-refractivity contribution in [2.75, 3.05) is 50.1 Å². The highest BCUT2D eigenvalue weighted by Crippen LogP contribution is 2.11. The number of hydrogen-bond acceptors (Lipinski definition) is 9. The number of nitriles is 1. The maximum absolute atomic E-state index is 13.1. The van der Waals surface area contributed by atoms with Crippen LogP contribution < -0.4 is 30.7 Å². The SMILES string of the molecule is CCn1c(=C(C#N)C(=O)NC(CO)CCSC)sc(=CNc2cccc(C(=O)NCCCN3CCCC3)c2)c1=O. The van der Waals surface area contributed by atoms with Gasteiger partial charge in [0.2, 0.25) is 0 Å². The predicted molar refractivity (Wildman–Crippen MR) is 162 cm³/mol. The van der Waals surface area contributed by atoms with E-state index >= 15 is 0 Å². The number of rotatable bonds is 14. The van der Waals surface area contributed by atoms with Crippen LogP contribution in [0.25, 0.3) is 11.8 Å². The summed E-state index contributed by atoms with van der Waals surface area (Å²) in [5.74, 6) is -0.0297. The average Bonchev–Trinajstić information content (AvgIpc) is 3.60. The third kappa shape index (κ3) is 8.69. The minimum absolute atomic E-state index is 0.158. The molecule has 0 aliphatic carbocycles. The van der Waals surface area contributed by atoms with Crippen LogP contribution in [0.5, 0.6) is 0 Å². The van der Waals surface area contributed by atoms with Gasteiger partial charge in [0.05, 0.1) is 12.6 Å². The van der Waals surface area contributed by atoms with E-state index in [0.717, 1.165) is 43.1 Å². The Labute approximate surface area is 242 Å². The molecule has 1 saturated heterocycles. The summed E-state index contributed by atoms with van der Waals surface area (Å²) in [6, 6.07) is 8.46. The molecule has 3 rings (SSSR count). The molecule has 2 aromatic rings. The summed E-state index contributed by atoms with van der Waals surface area (Å²) in [4.78, 5) is 41.0. The Morgan fingerprint density at radius 1 is 1.30 bits per heavy atom. The van der Waals surface area contributed by atoms with Crippen LogP contribution in [-0.4, -0.2) is 77.2 Å². The van der Waals surface area contributed by atoms with Gasteiger partial charge in [0.15, 0.2) is 5.57 Å². The first-order valence-corrected chi connectivity index (χ1v) is 15.7. The molecule has 1 unspecified atom stereocenters. The van der Waals surface area contributed by atoms with Crippen LogP contribution in [0.4, 0.5) is 5.69 Å². The normalized spacial score (nSPS) is 15.4. The fraction of sp³-hybridized carbons (Fsp3) is 0.500. The molecule has 4 N–H and O–H groups in total. The number of aliphatic hydroxyl groups is 1. The van der Waals surface area contributed by atoms with Gasteiger partial charge in [-0.1, -0.05) is 6.07 Å². The van der Waals surface area contributed by atoms with Gasteiger partial charge in [-0.2, -0.15) is 17.0 Å². The van der Waals surface area contributed by atoms with Crippen molar-refractivity contribution in [3.63, 3.8) is 0 Å². The molecular formula is C28H38N6O4S2. The molecule has 12 heteroatoms. The molecule has 10 nitrogen and oxygen atoms in total. The average molecular weight is 587 g/mol. The molecule has 0 saturated carbocycles. The lowest BCUT2D eigenvalue weighted by Crippen LogP contribution is -2.40. The van der Waals surface area contributed by atoms with Crippen molar-refractivity contribution in [3.05, 3.63) is 49.4 Å². The quantitative estimate of drug-likeness (QED) is 0.240. The fourth-order valence-corrected chi connectivity index (χ4v) is 6.03. The van der Waals surface area contributed by atoms with Gasteiger partial charge in [-0.05, 0) is 82.4 Å². The molecule has 2 heterocycles. The molecule has 40 heavy (non-hydrogen) atoms. The smallest absolute Gasteiger partial charge is 0.270 e. The minimum Gasteiger partial charge on any atom is -0.394 e. The van der Waals surface area contributed by atoms with Crippen LogP contribution in [0.2, 0.25) is 0 Å². The zero-order valence-electron chi connectivity index (χ0n) is 23.1. The Balaban J connectivity index is 1.74. The van der Waals surface area contributed by atoms with Crippen LogP contribution in [0.1, 0.15) is 43.0 Å². The second-order valence-corrected chi connectivity index (χ2v) is 11.5. The number of thioether (sulfide) groups is 1. The molecule has 216 valence electrons. The largest absolute Gasteiger partial charge is 0.394 e. The van der Waals surface area contributed by atoms with E-state index in [1.54, 1.807) is 43.0 Å². The maximum atomic E-state index is 13.1. The van der Waals surface area contributed by atoms with Crippen molar-refractivity contribution in [1.82, 2.24) is 20.1 Å². The summed E-state index contributed by atoms with van der Waals surface area (Å²) in [5, 5.41) is 28.1. The zero-order chi connectivity index (χ0) is 28.9. The third-order valence-corrected chi connectivity index (χ3v) is 8.41. The highest BCUT2D eigenvalue weighted by molar-refractivity contribution is 7.98. The number of anilines is 1. The fourth-order valence-electron chi connectivity index (χ4n) is 4.43. The number of amides is 2. The van der Waals surface area contributed by atoms with Gasteiger partial charge in [-0.15, -0.1) is 11.3 Å². The van der Waals surface area contributed by atoms with Crippen LogP contribution in [0, 0.1) is 11.3 Å². The number of aromatic nitrogens is 1. The number of hydrogen-bond donors (Lipinski definition) is 4. The lowest BCUT2D eigenvalue weighted by Gasteiger charge is -2.15. The number of carbonyl (C=O) groups is 2. The van der Waals surface area contributed by atoms with E-state index < -0.39 is 11.9 Å². The van der Waals surface area contributed by atoms with E-state index in [1.165, 1.54) is 23.6 Å². The number of carbonyl (C=O) groups excluding carboxylic acids is 2. The van der Waals surface area contributed by atoms with E-state index in [0.29, 0.717) is 28.7 Å². The van der Waals surface area contributed by atoms with Crippen molar-refractivity contribution in [3.8, 4) is 6.07 Å². The molecule has 2 amide bonds. The highest BCUT2D eigenvalue weighted by atomic mass is 32.2. The molecule has 1 aromatic carbocycles. The van der Waals surface area contributed by atoms with Crippen molar-refractivity contribution >= 4 is 52.4 Å². The van der Waals surface area contributed by atoms with Crippen molar-refractivity contribution < 1.29 is 14.7 Å². The van der Waals surface area contributed by atoms with Gasteiger partial charge >= 0.3 is 0 Å². The zero-order valence-corrected chi connectivity index (χ0v) is 24.7. The van der Waals surface area contributed by atoms with Crippen molar-refractivity contribution in [2.24, 2.45) is 0 Å². The number of likely N-dealkylation sites (tertiary alicyclic amines) is 1. The Morgan fingerprint density at radius 3 is 2.75 bits per heavy atom. The second-order valence-electron chi connectivity index (χ2n) is 9.47. The van der Waals surface area contributed by atoms with E-state index in [9.17, 15) is 24.8 Å². The van der Waals surface area contributed by atoms with E-state index in [4.69, 9.17) is 0 Å². The molecular weight excluding hydrogens is 548 g/mol. The molecule has 1 aliphatic rings. The van der Waals surface area contributed by atoms with Crippen LogP contribution in [-0.2, 0) is 11.3 Å². The number of aliphatic hydroxyl groups excluding tert-OH is 1. The maximum Gasteiger partial charge on any atom is 0.270 e. The summed E-state index contributed by atoms with van der Waals surface area (Å²) in [6.45, 7) is 5.67. The number of thiazole rings is 1. The number of benzene rings is 1. The van der Waals surface area contributed by atoms with Gasteiger partial charge in [-0.25, -0.2) is 0 Å². The van der Waals surface area contributed by atoms with Gasteiger partial charge < -0.3 is 26.0 Å². The standard InChI is InChI=1S/C28H38N6O4S2/c1-3-34-27(38)24(40-28(34)23(17-29)26(37)32-22(19-35)10-15-39-2)18-31-21-9-6-8-20(16-21)25(36)30-11-7-14-33-12-4-5-13-33/h6,8-9,16,18,22,31,35H,3-5,7,10-15,19H2,1-2H3,(H,30,36)(H,32,37). The second kappa shape index (κ2) is 16.2. The lowest BCUT2D eigenvalue weighted by atomic mass is 10.2. The minimum atomic E-state index is -0.621. The molecule has 1 aromatic heterocycles. The monoisotopic (exact) mass is 586 g/mol. The van der Waals surface area contributed by atoms with Crippen molar-refractivity contribution in [1.29, 1.82) is 5.26 Å². The summed E-state index contributed by atoms with van der Waals surface area (Å²) >= 11 is 2.64. The molecule has 0 radical (unpaired) electrons. The molecule has 1 aliphatic heterocycles. The molecule has 0 bridgehead atoms. The van der Waals surface area contributed by atoms with Gasteiger partial charge in [0.25, 0.3) is 17.4 Å². The third-order valence-electron chi connectivity index (χ3n) is 6.63. The highest BCUT2D eigenvalue weighted by Gasteiger charge is 2.19. The topological polar surface area (TPSA) is 139 Å². The lowest BCUT2D eigenvalue weighted by molar-refractivity contribution is -0.116. The number of nitrogens with zero attached hydrogens (tertiary/aromatic N) is 3.